The third kappa shape index (κ3) is 12.4. The molecule has 11 heteroatoms. The summed E-state index contributed by atoms with van der Waals surface area (Å²) >= 11 is 0. The van der Waals surface area contributed by atoms with Crippen molar-refractivity contribution >= 4 is 23.5 Å². The number of hydrogen-bond acceptors (Lipinski definition) is 8. The number of oxime groups is 1. The smallest absolute Gasteiger partial charge is 0.342 e. The van der Waals surface area contributed by atoms with Crippen LogP contribution in [0.2, 0.25) is 0 Å². The fraction of sp³-hybridized carbons (Fsp3) is 0.481. The van der Waals surface area contributed by atoms with Gasteiger partial charge in [0.25, 0.3) is 5.91 Å². The van der Waals surface area contributed by atoms with Gasteiger partial charge in [-0.3, -0.25) is 9.59 Å². The van der Waals surface area contributed by atoms with Gasteiger partial charge in [-0.15, -0.1) is 4.48 Å². The fourth-order valence-electron chi connectivity index (χ4n) is 3.37. The number of cyclic esters (lactones) is 1. The predicted octanol–water partition coefficient (Wildman–Crippen LogP) is 4.12. The normalized spacial score (nSPS) is 16.5. The molecule has 0 atom stereocenters. The van der Waals surface area contributed by atoms with Crippen LogP contribution in [0.5, 0.6) is 11.5 Å². The number of nitrogens with one attached hydrogen (secondary N) is 1. The maximum absolute atomic E-state index is 12.6. The number of phenolic OH excluding ortho intramolecular Hbond substituents is 2. The lowest BCUT2D eigenvalue weighted by atomic mass is 10.00. The maximum Gasteiger partial charge on any atom is 0.342 e. The van der Waals surface area contributed by atoms with Crippen molar-refractivity contribution in [2.75, 3.05) is 26.3 Å². The second-order valence-corrected chi connectivity index (χ2v) is 8.39. The minimum atomic E-state index is -0.679. The number of likely N-dealkylation sites (N-methyl/N-ethyl adjacent to an activating group) is 1. The molecule has 1 aliphatic rings. The molecule has 38 heavy (non-hydrogen) atoms. The molecule has 10 nitrogen and oxygen atoms in total. The van der Waals surface area contributed by atoms with Gasteiger partial charge in [-0.05, 0) is 50.3 Å². The summed E-state index contributed by atoms with van der Waals surface area (Å²) in [6.07, 6.45) is 11.8. The Bertz CT molecular complexity index is 1010. The number of hydrogen-bond donors (Lipinski definition) is 3. The maximum atomic E-state index is 12.6. The van der Waals surface area contributed by atoms with Crippen LogP contribution < -0.4 is 5.54 Å². The van der Waals surface area contributed by atoms with Crippen molar-refractivity contribution in [2.45, 2.75) is 59.3 Å². The van der Waals surface area contributed by atoms with E-state index in [1.807, 2.05) is 25.2 Å². The predicted molar refractivity (Wildman–Crippen MR) is 141 cm³/mol. The van der Waals surface area contributed by atoms with E-state index in [-0.39, 0.29) is 42.6 Å². The summed E-state index contributed by atoms with van der Waals surface area (Å²) in [5.74, 6) is -2.04. The molecule has 1 aromatic carbocycles. The third-order valence-electron chi connectivity index (χ3n) is 5.27. The zero-order chi connectivity index (χ0) is 28.3. The monoisotopic (exact) mass is 535 g/mol. The summed E-state index contributed by atoms with van der Waals surface area (Å²) in [6.45, 7) is 6.34. The van der Waals surface area contributed by atoms with E-state index >= 15 is 0 Å². The van der Waals surface area contributed by atoms with Gasteiger partial charge in [0.1, 0.15) is 17.1 Å². The molecule has 1 heterocycles. The Hall–Kier alpha value is -3.89. The van der Waals surface area contributed by atoms with Crippen LogP contribution in [0, 0.1) is 0 Å². The van der Waals surface area contributed by atoms with E-state index in [2.05, 4.69) is 12.1 Å². The molecule has 1 aliphatic heterocycles. The van der Waals surface area contributed by atoms with Gasteiger partial charge in [-0.1, -0.05) is 36.7 Å². The zero-order valence-electron chi connectivity index (χ0n) is 22.2. The topological polar surface area (TPSA) is 138 Å². The first-order chi connectivity index (χ1) is 18.2. The van der Waals surface area contributed by atoms with Crippen LogP contribution in [0.1, 0.15) is 68.8 Å². The molecule has 2 amide bonds. The summed E-state index contributed by atoms with van der Waals surface area (Å²) in [5.41, 5.74) is 1.66. The van der Waals surface area contributed by atoms with Crippen LogP contribution in [0.3, 0.4) is 0 Å². The number of nitrogens with zero attached hydrogens (tertiary/aromatic N) is 2. The van der Waals surface area contributed by atoms with Crippen molar-refractivity contribution < 1.29 is 38.7 Å². The van der Waals surface area contributed by atoms with Crippen molar-refractivity contribution in [1.82, 2.24) is 10.4 Å². The molecule has 0 spiro atoms. The Morgan fingerprint density at radius 3 is 2.50 bits per heavy atom. The van der Waals surface area contributed by atoms with Crippen LogP contribution in [-0.4, -0.2) is 64.9 Å². The van der Waals surface area contributed by atoms with E-state index in [1.165, 1.54) is 6.07 Å². The minimum Gasteiger partial charge on any atom is -0.508 e. The lowest BCUT2D eigenvalue weighted by molar-refractivity contribution is -0.136. The summed E-state index contributed by atoms with van der Waals surface area (Å²) in [6, 6.07) is 2.49. The van der Waals surface area contributed by atoms with E-state index in [1.54, 1.807) is 11.0 Å². The van der Waals surface area contributed by atoms with Crippen LogP contribution >= 0.6 is 0 Å². The molecule has 0 fully saturated rings. The number of unbranched alkanes of at least 4 members (excludes halogenated alkanes) is 1. The lowest BCUT2D eigenvalue weighted by Gasteiger charge is -2.19. The van der Waals surface area contributed by atoms with Gasteiger partial charge in [-0.2, -0.15) is 5.54 Å². The molecular formula is C27H38FN3O7. The number of halogens is 1. The highest BCUT2D eigenvalue weighted by Gasteiger charge is 2.21. The van der Waals surface area contributed by atoms with Crippen molar-refractivity contribution in [1.29, 1.82) is 0 Å². The second-order valence-electron chi connectivity index (χ2n) is 8.39. The summed E-state index contributed by atoms with van der Waals surface area (Å²) < 4.78 is 15.8. The van der Waals surface area contributed by atoms with Gasteiger partial charge in [0.15, 0.2) is 6.61 Å². The number of carbonyl (C=O) groups excluding carboxylic acids is 3. The van der Waals surface area contributed by atoms with E-state index in [9.17, 15) is 29.1 Å². The van der Waals surface area contributed by atoms with E-state index in [0.717, 1.165) is 44.2 Å². The highest BCUT2D eigenvalue weighted by molar-refractivity contribution is 6.00. The highest BCUT2D eigenvalue weighted by Crippen LogP contribution is 2.29. The fourth-order valence-corrected chi connectivity index (χ4v) is 3.37. The Balaban J connectivity index is 0.00000132. The Morgan fingerprint density at radius 2 is 1.84 bits per heavy atom. The summed E-state index contributed by atoms with van der Waals surface area (Å²) in [4.78, 5) is 41.4. The molecule has 0 aliphatic carbocycles. The van der Waals surface area contributed by atoms with Gasteiger partial charge in [0, 0.05) is 32.5 Å². The Morgan fingerprint density at radius 1 is 1.16 bits per heavy atom. The number of phenols is 2. The lowest BCUT2D eigenvalue weighted by Crippen LogP contribution is -2.34. The number of benzene rings is 1. The highest BCUT2D eigenvalue weighted by atomic mass is 19.2. The minimum absolute atomic E-state index is 0.0252. The average Bonchev–Trinajstić information content (AvgIpc) is 2.87. The molecule has 0 saturated heterocycles. The van der Waals surface area contributed by atoms with Gasteiger partial charge in [0.2, 0.25) is 5.91 Å². The van der Waals surface area contributed by atoms with Crippen LogP contribution in [0.25, 0.3) is 0 Å². The zero-order valence-corrected chi connectivity index (χ0v) is 22.2. The molecule has 0 saturated carbocycles. The van der Waals surface area contributed by atoms with Crippen LogP contribution in [0.15, 0.2) is 41.6 Å². The molecule has 2 rings (SSSR count). The molecule has 0 bridgehead atoms. The molecule has 1 aromatic rings. The van der Waals surface area contributed by atoms with Crippen molar-refractivity contribution in [3.8, 4) is 11.5 Å². The molecular weight excluding hydrogens is 497 g/mol. The number of aromatic hydroxyl groups is 2. The molecule has 0 aromatic heterocycles. The largest absolute Gasteiger partial charge is 0.508 e. The van der Waals surface area contributed by atoms with Crippen molar-refractivity contribution in [2.24, 2.45) is 5.16 Å². The number of carbonyl (C=O) groups is 3. The molecule has 3 N–H and O–H groups in total. The van der Waals surface area contributed by atoms with E-state index < -0.39 is 11.9 Å². The van der Waals surface area contributed by atoms with E-state index in [4.69, 9.17) is 9.57 Å². The number of ether oxygens (including phenoxy) is 1. The number of rotatable bonds is 7. The molecule has 0 unspecified atom stereocenters. The summed E-state index contributed by atoms with van der Waals surface area (Å²) in [5, 5.41) is 24.4. The SMILES string of the molecule is CC(=O)NF.CCCCN(CC)C(=O)CO/N=C1\C=C\CC/C=C/CCOC(=O)c2c(O)cc(O)cc2C1. The summed E-state index contributed by atoms with van der Waals surface area (Å²) in [7, 11) is 0. The van der Waals surface area contributed by atoms with Crippen molar-refractivity contribution in [3.63, 3.8) is 0 Å². The average molecular weight is 536 g/mol. The van der Waals surface area contributed by atoms with Crippen molar-refractivity contribution in [3.05, 3.63) is 47.6 Å². The number of amides is 2. The first-order valence-corrected chi connectivity index (χ1v) is 12.6. The van der Waals surface area contributed by atoms with Gasteiger partial charge in [0.05, 0.1) is 12.3 Å². The van der Waals surface area contributed by atoms with Crippen LogP contribution in [0.4, 0.5) is 4.48 Å². The quantitative estimate of drug-likeness (QED) is 0.207. The number of allylic oxidation sites excluding steroid dienone is 3. The third-order valence-corrected chi connectivity index (χ3v) is 5.27. The van der Waals surface area contributed by atoms with E-state index in [0.29, 0.717) is 30.8 Å². The first-order valence-electron chi connectivity index (χ1n) is 12.6. The van der Waals surface area contributed by atoms with Gasteiger partial charge in [-0.25, -0.2) is 4.79 Å². The molecule has 0 radical (unpaired) electrons. The van der Waals surface area contributed by atoms with Crippen LogP contribution in [-0.2, 0) is 25.6 Å². The Kier molecular flexibility index (Phi) is 15.5. The molecule has 210 valence electrons. The first kappa shape index (κ1) is 32.1. The van der Waals surface area contributed by atoms with Gasteiger partial charge >= 0.3 is 5.97 Å². The number of fused-ring (bicyclic) bond motifs is 1. The number of esters is 1. The standard InChI is InChI=1S/C25H34N2O6.C2H4FNO/c1-3-5-13-27(4-2)23(30)18-33-26-20-12-10-8-6-7-9-11-14-32-25(31)24-19(15-20)16-21(28)17-22(24)29;1-2(5)4-3/h7,9-10,12,16-17,28-29H,3-6,8,11,13-15,18H2,1-2H3;1H3,(H,4,5)/b9-7+,12-10+,26-20+;. The van der Waals surface area contributed by atoms with Gasteiger partial charge < -0.3 is 24.7 Å². The Labute approximate surface area is 222 Å². The second kappa shape index (κ2) is 18.4.